The summed E-state index contributed by atoms with van der Waals surface area (Å²) in [6.45, 7) is 4.76. The van der Waals surface area contributed by atoms with E-state index in [4.69, 9.17) is 0 Å². The Kier molecular flexibility index (Phi) is 5.98. The van der Waals surface area contributed by atoms with Gasteiger partial charge in [-0.1, -0.05) is 29.4 Å². The van der Waals surface area contributed by atoms with Crippen LogP contribution in [0.4, 0.5) is 18.0 Å². The number of carboxylic acid groups (broad SMARTS) is 1. The number of benzene rings is 1. The summed E-state index contributed by atoms with van der Waals surface area (Å²) in [6.07, 6.45) is -4.64. The summed E-state index contributed by atoms with van der Waals surface area (Å²) in [6, 6.07) is 3.65. The van der Waals surface area contributed by atoms with Gasteiger partial charge in [-0.15, -0.1) is 0 Å². The van der Waals surface area contributed by atoms with Crippen LogP contribution in [0.5, 0.6) is 0 Å². The fraction of sp³-hybridized carbons (Fsp3) is 0.533. The number of amides is 1. The molecular weight excluding hydrogens is 331 g/mol. The van der Waals surface area contributed by atoms with Crippen molar-refractivity contribution in [2.45, 2.75) is 38.5 Å². The van der Waals surface area contributed by atoms with Crippen molar-refractivity contribution in [1.29, 1.82) is 0 Å². The predicted molar refractivity (Wildman–Crippen MR) is 82.7 cm³/mol. The zero-order valence-corrected chi connectivity index (χ0v) is 14.2. The third kappa shape index (κ3) is 5.04. The van der Waals surface area contributed by atoms with Gasteiger partial charge in [-0.2, -0.15) is 13.2 Å². The molecule has 0 saturated carbocycles. The van der Waals surface area contributed by atoms with E-state index in [-0.39, 0.29) is 11.3 Å². The fourth-order valence-corrected chi connectivity index (χ4v) is 3.23. The molecule has 0 radical (unpaired) electrons. The van der Waals surface area contributed by atoms with E-state index in [1.54, 1.807) is 20.8 Å². The maximum Gasteiger partial charge on any atom is 0.416 e. The minimum atomic E-state index is -4.62. The van der Waals surface area contributed by atoms with Crippen molar-refractivity contribution >= 4 is 17.3 Å². The van der Waals surface area contributed by atoms with E-state index in [1.807, 2.05) is 0 Å². The van der Waals surface area contributed by atoms with Crippen molar-refractivity contribution in [3.05, 3.63) is 35.4 Å². The second kappa shape index (κ2) is 7.00. The van der Waals surface area contributed by atoms with Gasteiger partial charge in [0.05, 0.1) is 11.8 Å². The van der Waals surface area contributed by atoms with Crippen molar-refractivity contribution in [3.8, 4) is 0 Å². The van der Waals surface area contributed by atoms with Crippen molar-refractivity contribution in [2.75, 3.05) is 12.0 Å². The summed E-state index contributed by atoms with van der Waals surface area (Å²) in [7, 11) is 0. The van der Waals surface area contributed by atoms with E-state index in [2.05, 4.69) is 0 Å². The maximum absolute atomic E-state index is 13.3. The van der Waals surface area contributed by atoms with E-state index in [0.29, 0.717) is 0 Å². The summed E-state index contributed by atoms with van der Waals surface area (Å²) in [5.41, 5.74) is -2.05. The summed E-state index contributed by atoms with van der Waals surface area (Å²) in [4.78, 5) is 12.6. The van der Waals surface area contributed by atoms with Crippen LogP contribution >= 0.6 is 0 Å². The molecule has 2 unspecified atom stereocenters. The lowest BCUT2D eigenvalue weighted by molar-refractivity contribution is -0.138. The van der Waals surface area contributed by atoms with Crippen LogP contribution in [-0.4, -0.2) is 38.2 Å². The highest BCUT2D eigenvalue weighted by Crippen LogP contribution is 2.38. The lowest BCUT2D eigenvalue weighted by atomic mass is 9.95. The van der Waals surface area contributed by atoms with Gasteiger partial charge >= 0.3 is 12.3 Å². The molecule has 0 heterocycles. The smallest absolute Gasteiger partial charge is 0.416 e. The topological polar surface area (TPSA) is 63.6 Å². The molecule has 130 valence electrons. The molecule has 1 aromatic carbocycles. The molecule has 1 N–H and O–H groups in total. The van der Waals surface area contributed by atoms with E-state index in [1.165, 1.54) is 24.5 Å². The SMILES string of the molecule is C[S+]([O-])CC(c1ccccc1C(F)(F)F)N(C(=O)O)C(C)(C)C. The lowest BCUT2D eigenvalue weighted by Gasteiger charge is -2.40. The second-order valence-electron chi connectivity index (χ2n) is 6.16. The standard InChI is InChI=1S/C15H20F3NO3S/c1-14(2,3)19(13(20)21)12(9-23(4)22)10-7-5-6-8-11(10)15(16,17)18/h5-8,12H,9H2,1-4H3,(H,20,21). The van der Waals surface area contributed by atoms with Crippen LogP contribution in [-0.2, 0) is 17.4 Å². The van der Waals surface area contributed by atoms with Gasteiger partial charge in [-0.05, 0) is 32.4 Å². The molecule has 0 aliphatic heterocycles. The number of hydrogen-bond acceptors (Lipinski definition) is 2. The molecule has 0 aromatic heterocycles. The quantitative estimate of drug-likeness (QED) is 0.837. The summed E-state index contributed by atoms with van der Waals surface area (Å²) in [5, 5.41) is 9.49. The van der Waals surface area contributed by atoms with Crippen molar-refractivity contribution in [3.63, 3.8) is 0 Å². The van der Waals surface area contributed by atoms with Crippen molar-refractivity contribution in [1.82, 2.24) is 4.90 Å². The molecule has 0 bridgehead atoms. The Morgan fingerprint density at radius 1 is 1.30 bits per heavy atom. The van der Waals surface area contributed by atoms with Gasteiger partial charge in [0.15, 0.2) is 0 Å². The number of hydrogen-bond donors (Lipinski definition) is 1. The van der Waals surface area contributed by atoms with Gasteiger partial charge in [0.25, 0.3) is 0 Å². The molecule has 1 amide bonds. The molecular formula is C15H20F3NO3S. The van der Waals surface area contributed by atoms with E-state index < -0.39 is 40.6 Å². The molecule has 8 heteroatoms. The Balaban J connectivity index is 3.52. The first-order valence-electron chi connectivity index (χ1n) is 6.84. The summed E-state index contributed by atoms with van der Waals surface area (Å²) in [5.74, 6) is -0.212. The predicted octanol–water partition coefficient (Wildman–Crippen LogP) is 3.90. The zero-order chi connectivity index (χ0) is 18.0. The van der Waals surface area contributed by atoms with E-state index in [9.17, 15) is 27.6 Å². The van der Waals surface area contributed by atoms with Crippen LogP contribution in [0.2, 0.25) is 0 Å². The maximum atomic E-state index is 13.3. The average Bonchev–Trinajstić information content (AvgIpc) is 2.34. The number of carbonyl (C=O) groups is 1. The number of alkyl halides is 3. The van der Waals surface area contributed by atoms with E-state index in [0.717, 1.165) is 11.0 Å². The average molecular weight is 351 g/mol. The molecule has 0 aliphatic rings. The highest BCUT2D eigenvalue weighted by atomic mass is 32.2. The van der Waals surface area contributed by atoms with Gasteiger partial charge in [-0.3, -0.25) is 4.90 Å². The molecule has 1 aromatic rings. The Hall–Kier alpha value is -1.41. The fourth-order valence-electron chi connectivity index (χ4n) is 2.46. The number of nitrogens with zero attached hydrogens (tertiary/aromatic N) is 1. The molecule has 4 nitrogen and oxygen atoms in total. The third-order valence-electron chi connectivity index (χ3n) is 3.26. The molecule has 0 spiro atoms. The van der Waals surface area contributed by atoms with Gasteiger partial charge in [0, 0.05) is 5.54 Å². The van der Waals surface area contributed by atoms with Crippen LogP contribution < -0.4 is 0 Å². The largest absolute Gasteiger partial charge is 0.616 e. The van der Waals surface area contributed by atoms with Gasteiger partial charge in [-0.25, -0.2) is 4.79 Å². The highest BCUT2D eigenvalue weighted by molar-refractivity contribution is 7.90. The number of rotatable bonds is 4. The third-order valence-corrected chi connectivity index (χ3v) is 4.04. The first-order chi connectivity index (χ1) is 10.4. The molecule has 0 saturated heterocycles. The lowest BCUT2D eigenvalue weighted by Crippen LogP contribution is -2.49. The first-order valence-corrected chi connectivity index (χ1v) is 8.57. The van der Waals surface area contributed by atoms with Gasteiger partial charge < -0.3 is 9.66 Å². The monoisotopic (exact) mass is 351 g/mol. The van der Waals surface area contributed by atoms with Crippen LogP contribution in [0, 0.1) is 0 Å². The molecule has 0 fully saturated rings. The second-order valence-corrected chi connectivity index (χ2v) is 7.64. The van der Waals surface area contributed by atoms with Crippen LogP contribution in [0.15, 0.2) is 24.3 Å². The number of halogens is 3. The van der Waals surface area contributed by atoms with E-state index >= 15 is 0 Å². The van der Waals surface area contributed by atoms with Gasteiger partial charge in [0.1, 0.15) is 11.8 Å². The molecule has 0 aliphatic carbocycles. The van der Waals surface area contributed by atoms with Gasteiger partial charge in [0.2, 0.25) is 0 Å². The molecule has 1 rings (SSSR count). The van der Waals surface area contributed by atoms with Crippen LogP contribution in [0.3, 0.4) is 0 Å². The van der Waals surface area contributed by atoms with Crippen molar-refractivity contribution in [2.24, 2.45) is 0 Å². The molecule has 23 heavy (non-hydrogen) atoms. The Labute approximate surface area is 136 Å². The highest BCUT2D eigenvalue weighted by Gasteiger charge is 2.41. The molecule has 2 atom stereocenters. The minimum absolute atomic E-state index is 0.187. The Bertz CT molecular complexity index is 556. The van der Waals surface area contributed by atoms with Crippen LogP contribution in [0.1, 0.15) is 37.9 Å². The van der Waals surface area contributed by atoms with Crippen LogP contribution in [0.25, 0.3) is 0 Å². The Morgan fingerprint density at radius 3 is 2.22 bits per heavy atom. The zero-order valence-electron chi connectivity index (χ0n) is 13.3. The minimum Gasteiger partial charge on any atom is -0.616 e. The summed E-state index contributed by atoms with van der Waals surface area (Å²) >= 11 is -1.48. The first kappa shape index (κ1) is 19.6. The summed E-state index contributed by atoms with van der Waals surface area (Å²) < 4.78 is 51.4. The van der Waals surface area contributed by atoms with Crippen molar-refractivity contribution < 1.29 is 27.6 Å². The normalized spacial score (nSPS) is 15.1. The Morgan fingerprint density at radius 2 is 1.83 bits per heavy atom.